The minimum absolute atomic E-state index is 0.403. The summed E-state index contributed by atoms with van der Waals surface area (Å²) >= 11 is 0. The summed E-state index contributed by atoms with van der Waals surface area (Å²) in [6.07, 6.45) is 1.59. The molecule has 2 amide bonds. The highest BCUT2D eigenvalue weighted by molar-refractivity contribution is 5.93. The van der Waals surface area contributed by atoms with Crippen LogP contribution >= 0.6 is 0 Å². The SMILES string of the molecule is CCNC(=O)NC1(C(=O)OC)c2ccccc2CCc2ccccc21. The molecule has 0 spiro atoms. The Labute approximate surface area is 147 Å². The number of aryl methyl sites for hydroxylation is 2. The molecule has 2 aromatic rings. The van der Waals surface area contributed by atoms with Gasteiger partial charge in [0.05, 0.1) is 7.11 Å². The zero-order valence-corrected chi connectivity index (χ0v) is 14.5. The fourth-order valence-electron chi connectivity index (χ4n) is 3.56. The van der Waals surface area contributed by atoms with Gasteiger partial charge in [-0.1, -0.05) is 48.5 Å². The fraction of sp³-hybridized carbons (Fsp3) is 0.300. The average Bonchev–Trinajstić information content (AvgIpc) is 2.78. The van der Waals surface area contributed by atoms with Crippen molar-refractivity contribution in [1.82, 2.24) is 10.6 Å². The van der Waals surface area contributed by atoms with E-state index in [4.69, 9.17) is 4.74 Å². The molecule has 0 fully saturated rings. The van der Waals surface area contributed by atoms with E-state index >= 15 is 0 Å². The second-order valence-electron chi connectivity index (χ2n) is 6.04. The molecule has 25 heavy (non-hydrogen) atoms. The summed E-state index contributed by atoms with van der Waals surface area (Å²) in [5, 5.41) is 5.63. The molecule has 0 saturated carbocycles. The van der Waals surface area contributed by atoms with Gasteiger partial charge in [0, 0.05) is 6.54 Å². The van der Waals surface area contributed by atoms with Gasteiger partial charge in [0.1, 0.15) is 0 Å². The lowest BCUT2D eigenvalue weighted by atomic mass is 9.80. The van der Waals surface area contributed by atoms with Crippen LogP contribution in [0.25, 0.3) is 0 Å². The normalized spacial score (nSPS) is 14.5. The van der Waals surface area contributed by atoms with E-state index in [0.29, 0.717) is 6.54 Å². The van der Waals surface area contributed by atoms with Gasteiger partial charge in [0.15, 0.2) is 5.54 Å². The predicted molar refractivity (Wildman–Crippen MR) is 95.3 cm³/mol. The smallest absolute Gasteiger partial charge is 0.341 e. The molecule has 0 aliphatic heterocycles. The lowest BCUT2D eigenvalue weighted by Crippen LogP contribution is -2.56. The van der Waals surface area contributed by atoms with Gasteiger partial charge >= 0.3 is 12.0 Å². The highest BCUT2D eigenvalue weighted by Gasteiger charge is 2.48. The number of carbonyl (C=O) groups excluding carboxylic acids is 2. The Kier molecular flexibility index (Phi) is 4.74. The average molecular weight is 338 g/mol. The molecule has 0 bridgehead atoms. The van der Waals surface area contributed by atoms with E-state index in [1.165, 1.54) is 7.11 Å². The van der Waals surface area contributed by atoms with Crippen LogP contribution in [0.3, 0.4) is 0 Å². The first-order valence-corrected chi connectivity index (χ1v) is 8.44. The second kappa shape index (κ2) is 6.97. The van der Waals surface area contributed by atoms with E-state index in [1.54, 1.807) is 0 Å². The largest absolute Gasteiger partial charge is 0.467 e. The van der Waals surface area contributed by atoms with Crippen molar-refractivity contribution in [1.29, 1.82) is 0 Å². The van der Waals surface area contributed by atoms with Gasteiger partial charge in [-0.2, -0.15) is 0 Å². The summed E-state index contributed by atoms with van der Waals surface area (Å²) in [7, 11) is 1.35. The first kappa shape index (κ1) is 17.0. The predicted octanol–water partition coefficient (Wildman–Crippen LogP) is 2.52. The van der Waals surface area contributed by atoms with E-state index < -0.39 is 17.5 Å². The third-order valence-electron chi connectivity index (χ3n) is 4.64. The zero-order valence-electron chi connectivity index (χ0n) is 14.5. The number of carbonyl (C=O) groups is 2. The number of nitrogens with one attached hydrogen (secondary N) is 2. The zero-order chi connectivity index (χ0) is 17.9. The van der Waals surface area contributed by atoms with E-state index in [1.807, 2.05) is 55.5 Å². The fourth-order valence-corrected chi connectivity index (χ4v) is 3.56. The maximum absolute atomic E-state index is 13.0. The molecular formula is C20H22N2O3. The Morgan fingerprint density at radius 2 is 1.52 bits per heavy atom. The van der Waals surface area contributed by atoms with Crippen LogP contribution in [-0.4, -0.2) is 25.7 Å². The van der Waals surface area contributed by atoms with Crippen LogP contribution < -0.4 is 10.6 Å². The van der Waals surface area contributed by atoms with Crippen LogP contribution in [0.15, 0.2) is 48.5 Å². The Bertz CT molecular complexity index is 754. The van der Waals surface area contributed by atoms with Crippen molar-refractivity contribution in [2.75, 3.05) is 13.7 Å². The lowest BCUT2D eigenvalue weighted by molar-refractivity contribution is -0.146. The number of hydrogen-bond acceptors (Lipinski definition) is 3. The molecule has 0 atom stereocenters. The number of hydrogen-bond donors (Lipinski definition) is 2. The molecule has 0 aromatic heterocycles. The summed E-state index contributed by atoms with van der Waals surface area (Å²) in [6.45, 7) is 2.30. The van der Waals surface area contributed by atoms with Crippen LogP contribution in [0.4, 0.5) is 4.79 Å². The summed E-state index contributed by atoms with van der Waals surface area (Å²) in [4.78, 5) is 25.5. The van der Waals surface area contributed by atoms with Crippen molar-refractivity contribution in [2.45, 2.75) is 25.3 Å². The molecule has 2 aromatic carbocycles. The second-order valence-corrected chi connectivity index (χ2v) is 6.04. The molecule has 130 valence electrons. The molecule has 5 nitrogen and oxygen atoms in total. The molecule has 0 saturated heterocycles. The van der Waals surface area contributed by atoms with Crippen LogP contribution in [0.1, 0.15) is 29.2 Å². The van der Waals surface area contributed by atoms with Crippen molar-refractivity contribution < 1.29 is 14.3 Å². The molecular weight excluding hydrogens is 316 g/mol. The van der Waals surface area contributed by atoms with E-state index in [-0.39, 0.29) is 0 Å². The van der Waals surface area contributed by atoms with Gasteiger partial charge in [-0.25, -0.2) is 9.59 Å². The highest BCUT2D eigenvalue weighted by atomic mass is 16.5. The quantitative estimate of drug-likeness (QED) is 0.845. The first-order chi connectivity index (χ1) is 12.1. The first-order valence-electron chi connectivity index (χ1n) is 8.44. The Balaban J connectivity index is 2.30. The van der Waals surface area contributed by atoms with Gasteiger partial charge in [0.2, 0.25) is 0 Å². The molecule has 1 aliphatic rings. The van der Waals surface area contributed by atoms with Crippen molar-refractivity contribution >= 4 is 12.0 Å². The summed E-state index contributed by atoms with van der Waals surface area (Å²) in [6, 6.07) is 15.0. The van der Waals surface area contributed by atoms with Crippen molar-refractivity contribution in [3.8, 4) is 0 Å². The number of benzene rings is 2. The van der Waals surface area contributed by atoms with Crippen molar-refractivity contribution in [3.63, 3.8) is 0 Å². The number of ether oxygens (including phenoxy) is 1. The van der Waals surface area contributed by atoms with Crippen LogP contribution in [0, 0.1) is 0 Å². The number of esters is 1. The standard InChI is InChI=1S/C20H22N2O3/c1-3-21-19(24)22-20(18(23)25-2)16-10-6-4-8-14(16)12-13-15-9-5-7-11-17(15)20/h4-11H,3,12-13H2,1-2H3,(H2,21,22,24). The Morgan fingerprint density at radius 1 is 1.00 bits per heavy atom. The Hall–Kier alpha value is -2.82. The van der Waals surface area contributed by atoms with Gasteiger partial charge in [-0.3, -0.25) is 0 Å². The van der Waals surface area contributed by atoms with Crippen LogP contribution in [0.2, 0.25) is 0 Å². The summed E-state index contributed by atoms with van der Waals surface area (Å²) < 4.78 is 5.16. The molecule has 3 rings (SSSR count). The topological polar surface area (TPSA) is 67.4 Å². The van der Waals surface area contributed by atoms with Crippen molar-refractivity contribution in [3.05, 3.63) is 70.8 Å². The number of methoxy groups -OCH3 is 1. The third kappa shape index (κ3) is 2.86. The van der Waals surface area contributed by atoms with Crippen molar-refractivity contribution in [2.24, 2.45) is 0 Å². The number of fused-ring (bicyclic) bond motifs is 2. The third-order valence-corrected chi connectivity index (χ3v) is 4.64. The van der Waals surface area contributed by atoms with E-state index in [0.717, 1.165) is 35.1 Å². The molecule has 5 heteroatoms. The van der Waals surface area contributed by atoms with Gasteiger partial charge < -0.3 is 15.4 Å². The van der Waals surface area contributed by atoms with E-state index in [9.17, 15) is 9.59 Å². The number of rotatable bonds is 3. The number of amides is 2. The molecule has 0 heterocycles. The minimum Gasteiger partial charge on any atom is -0.467 e. The Morgan fingerprint density at radius 3 is 2.00 bits per heavy atom. The maximum Gasteiger partial charge on any atom is 0.341 e. The van der Waals surface area contributed by atoms with Crippen LogP contribution in [0.5, 0.6) is 0 Å². The van der Waals surface area contributed by atoms with Gasteiger partial charge in [-0.05, 0) is 42.0 Å². The minimum atomic E-state index is -1.36. The molecule has 0 radical (unpaired) electrons. The van der Waals surface area contributed by atoms with Gasteiger partial charge in [-0.15, -0.1) is 0 Å². The monoisotopic (exact) mass is 338 g/mol. The van der Waals surface area contributed by atoms with E-state index in [2.05, 4.69) is 10.6 Å². The summed E-state index contributed by atoms with van der Waals surface area (Å²) in [5.41, 5.74) is 2.22. The molecule has 0 unspecified atom stereocenters. The lowest BCUT2D eigenvalue weighted by Gasteiger charge is -2.34. The summed E-state index contributed by atoms with van der Waals surface area (Å²) in [5.74, 6) is -0.499. The van der Waals surface area contributed by atoms with Crippen LogP contribution in [-0.2, 0) is 27.9 Å². The molecule has 1 aliphatic carbocycles. The van der Waals surface area contributed by atoms with Gasteiger partial charge in [0.25, 0.3) is 0 Å². The highest BCUT2D eigenvalue weighted by Crippen LogP contribution is 2.38. The maximum atomic E-state index is 13.0. The number of urea groups is 1. The molecule has 2 N–H and O–H groups in total.